The summed E-state index contributed by atoms with van der Waals surface area (Å²) in [5, 5.41) is 0. The molecule has 2 aromatic rings. The molecule has 0 heterocycles. The number of carbonyl (C=O) groups excluding carboxylic acids is 1. The Morgan fingerprint density at radius 2 is 1.82 bits per heavy atom. The molecule has 0 unspecified atom stereocenters. The van der Waals surface area contributed by atoms with Crippen LogP contribution < -0.4 is 4.74 Å². The molecule has 3 nitrogen and oxygen atoms in total. The van der Waals surface area contributed by atoms with Crippen molar-refractivity contribution in [2.24, 2.45) is 0 Å². The van der Waals surface area contributed by atoms with E-state index in [9.17, 15) is 4.79 Å². The smallest absolute Gasteiger partial charge is 0.410 e. The summed E-state index contributed by atoms with van der Waals surface area (Å²) in [6.45, 7) is 6.26. The zero-order valence-electron chi connectivity index (χ0n) is 13.4. The highest BCUT2D eigenvalue weighted by Crippen LogP contribution is 2.24. The Bertz CT molecular complexity index is 638. The molecule has 0 bridgehead atoms. The van der Waals surface area contributed by atoms with E-state index in [-0.39, 0.29) is 6.09 Å². The standard InChI is InChI=1S/C18H21NO2S/c1-13(2)15-6-5-7-16(12-15)21-18(20)19(4)22-17-10-8-14(3)9-11-17/h5-13H,1-4H3. The van der Waals surface area contributed by atoms with Gasteiger partial charge in [-0.05, 0) is 54.6 Å². The Labute approximate surface area is 136 Å². The van der Waals surface area contributed by atoms with Gasteiger partial charge in [-0.3, -0.25) is 0 Å². The minimum Gasteiger partial charge on any atom is -0.410 e. The van der Waals surface area contributed by atoms with Crippen molar-refractivity contribution in [3.05, 3.63) is 59.7 Å². The first kappa shape index (κ1) is 16.4. The molecule has 4 heteroatoms. The average Bonchev–Trinajstić information content (AvgIpc) is 2.49. The molecule has 0 spiro atoms. The lowest BCUT2D eigenvalue weighted by atomic mass is 10.0. The quantitative estimate of drug-likeness (QED) is 0.721. The largest absolute Gasteiger partial charge is 0.425 e. The molecule has 0 saturated carbocycles. The third-order valence-electron chi connectivity index (χ3n) is 3.25. The maximum Gasteiger partial charge on any atom is 0.425 e. The van der Waals surface area contributed by atoms with Gasteiger partial charge >= 0.3 is 6.09 Å². The van der Waals surface area contributed by atoms with Gasteiger partial charge in [0.1, 0.15) is 5.75 Å². The molecule has 0 aliphatic carbocycles. The minimum absolute atomic E-state index is 0.383. The number of aryl methyl sites for hydroxylation is 1. The Morgan fingerprint density at radius 1 is 1.14 bits per heavy atom. The lowest BCUT2D eigenvalue weighted by Crippen LogP contribution is -2.23. The second-order valence-corrected chi connectivity index (χ2v) is 6.70. The van der Waals surface area contributed by atoms with Gasteiger partial charge < -0.3 is 4.74 Å². The number of ether oxygens (including phenoxy) is 1. The molecule has 0 saturated heterocycles. The predicted octanol–water partition coefficient (Wildman–Crippen LogP) is 5.26. The van der Waals surface area contributed by atoms with Crippen molar-refractivity contribution < 1.29 is 9.53 Å². The second kappa shape index (κ2) is 7.36. The molecule has 116 valence electrons. The molecule has 22 heavy (non-hydrogen) atoms. The van der Waals surface area contributed by atoms with Crippen LogP contribution in [-0.2, 0) is 0 Å². The van der Waals surface area contributed by atoms with Crippen LogP contribution in [0.15, 0.2) is 53.4 Å². The van der Waals surface area contributed by atoms with Crippen molar-refractivity contribution in [2.45, 2.75) is 31.6 Å². The lowest BCUT2D eigenvalue weighted by molar-refractivity contribution is 0.187. The zero-order valence-corrected chi connectivity index (χ0v) is 14.2. The van der Waals surface area contributed by atoms with Gasteiger partial charge in [-0.15, -0.1) is 0 Å². The number of nitrogens with zero attached hydrogens (tertiary/aromatic N) is 1. The van der Waals surface area contributed by atoms with E-state index in [1.165, 1.54) is 21.8 Å². The molecular weight excluding hydrogens is 294 g/mol. The van der Waals surface area contributed by atoms with Crippen molar-refractivity contribution in [3.8, 4) is 5.75 Å². The van der Waals surface area contributed by atoms with E-state index in [1.807, 2.05) is 49.4 Å². The van der Waals surface area contributed by atoms with Crippen LogP contribution >= 0.6 is 11.9 Å². The summed E-state index contributed by atoms with van der Waals surface area (Å²) in [6.07, 6.45) is -0.383. The van der Waals surface area contributed by atoms with E-state index in [0.29, 0.717) is 11.7 Å². The van der Waals surface area contributed by atoms with Gasteiger partial charge in [-0.1, -0.05) is 43.7 Å². The molecule has 2 rings (SSSR count). The van der Waals surface area contributed by atoms with Crippen LogP contribution in [0.4, 0.5) is 4.79 Å². The molecule has 0 aliphatic heterocycles. The summed E-state index contributed by atoms with van der Waals surface area (Å²) < 4.78 is 6.92. The number of rotatable bonds is 4. The summed E-state index contributed by atoms with van der Waals surface area (Å²) in [7, 11) is 1.71. The monoisotopic (exact) mass is 315 g/mol. The first-order chi connectivity index (χ1) is 10.5. The fourth-order valence-corrected chi connectivity index (χ4v) is 2.58. The van der Waals surface area contributed by atoms with E-state index >= 15 is 0 Å². The van der Waals surface area contributed by atoms with Crippen LogP contribution in [-0.4, -0.2) is 17.4 Å². The first-order valence-electron chi connectivity index (χ1n) is 7.26. The zero-order chi connectivity index (χ0) is 16.1. The maximum absolute atomic E-state index is 12.1. The third-order valence-corrected chi connectivity index (χ3v) is 4.16. The van der Waals surface area contributed by atoms with Crippen LogP contribution in [0.3, 0.4) is 0 Å². The SMILES string of the molecule is Cc1ccc(SN(C)C(=O)Oc2cccc(C(C)C)c2)cc1. The van der Waals surface area contributed by atoms with Crippen molar-refractivity contribution in [3.63, 3.8) is 0 Å². The summed E-state index contributed by atoms with van der Waals surface area (Å²) in [6, 6.07) is 15.7. The molecule has 0 fully saturated rings. The molecule has 1 amide bonds. The van der Waals surface area contributed by atoms with Crippen LogP contribution in [0.2, 0.25) is 0 Å². The topological polar surface area (TPSA) is 29.5 Å². The summed E-state index contributed by atoms with van der Waals surface area (Å²) in [5.41, 5.74) is 2.35. The molecule has 0 aromatic heterocycles. The number of benzene rings is 2. The molecular formula is C18H21NO2S. The fraction of sp³-hybridized carbons (Fsp3) is 0.278. The maximum atomic E-state index is 12.1. The number of hydrogen-bond donors (Lipinski definition) is 0. The van der Waals surface area contributed by atoms with Crippen molar-refractivity contribution in [1.29, 1.82) is 0 Å². The Morgan fingerprint density at radius 3 is 2.45 bits per heavy atom. The van der Waals surface area contributed by atoms with Gasteiger partial charge in [0.25, 0.3) is 0 Å². The fourth-order valence-electron chi connectivity index (χ4n) is 1.90. The highest BCUT2D eigenvalue weighted by atomic mass is 32.2. The first-order valence-corrected chi connectivity index (χ1v) is 8.03. The highest BCUT2D eigenvalue weighted by Gasteiger charge is 2.13. The predicted molar refractivity (Wildman–Crippen MR) is 91.4 cm³/mol. The van der Waals surface area contributed by atoms with Crippen LogP contribution in [0.1, 0.15) is 30.9 Å². The summed E-state index contributed by atoms with van der Waals surface area (Å²) in [5.74, 6) is 0.978. The molecule has 0 atom stereocenters. The number of carbonyl (C=O) groups is 1. The van der Waals surface area contributed by atoms with Crippen molar-refractivity contribution >= 4 is 18.0 Å². The summed E-state index contributed by atoms with van der Waals surface area (Å²) >= 11 is 1.35. The lowest BCUT2D eigenvalue weighted by Gasteiger charge is -2.16. The third kappa shape index (κ3) is 4.53. The summed E-state index contributed by atoms with van der Waals surface area (Å²) in [4.78, 5) is 13.1. The van der Waals surface area contributed by atoms with Gasteiger partial charge in [0.05, 0.1) is 0 Å². The van der Waals surface area contributed by atoms with Crippen molar-refractivity contribution in [1.82, 2.24) is 4.31 Å². The average molecular weight is 315 g/mol. The van der Waals surface area contributed by atoms with E-state index in [0.717, 1.165) is 10.5 Å². The molecule has 0 aliphatic rings. The minimum atomic E-state index is -0.383. The van der Waals surface area contributed by atoms with Crippen LogP contribution in [0.5, 0.6) is 5.75 Å². The Hall–Kier alpha value is -1.94. The normalized spacial score (nSPS) is 10.6. The highest BCUT2D eigenvalue weighted by molar-refractivity contribution is 7.97. The van der Waals surface area contributed by atoms with E-state index in [1.54, 1.807) is 13.1 Å². The van der Waals surface area contributed by atoms with E-state index in [4.69, 9.17) is 4.74 Å². The van der Waals surface area contributed by atoms with Gasteiger partial charge in [0.15, 0.2) is 0 Å². The van der Waals surface area contributed by atoms with Gasteiger partial charge in [0, 0.05) is 11.9 Å². The van der Waals surface area contributed by atoms with E-state index in [2.05, 4.69) is 13.8 Å². The van der Waals surface area contributed by atoms with Crippen LogP contribution in [0.25, 0.3) is 0 Å². The number of hydrogen-bond acceptors (Lipinski definition) is 3. The van der Waals surface area contributed by atoms with Crippen molar-refractivity contribution in [2.75, 3.05) is 7.05 Å². The second-order valence-electron chi connectivity index (χ2n) is 5.50. The van der Waals surface area contributed by atoms with Gasteiger partial charge in [-0.2, -0.15) is 0 Å². The Kier molecular flexibility index (Phi) is 5.50. The van der Waals surface area contributed by atoms with E-state index < -0.39 is 0 Å². The Balaban J connectivity index is 1.99. The molecule has 0 N–H and O–H groups in total. The molecule has 0 radical (unpaired) electrons. The number of amides is 1. The van der Waals surface area contributed by atoms with Crippen LogP contribution in [0, 0.1) is 6.92 Å². The molecule has 2 aromatic carbocycles. The van der Waals surface area contributed by atoms with Gasteiger partial charge in [0.2, 0.25) is 0 Å². The van der Waals surface area contributed by atoms with Gasteiger partial charge in [-0.25, -0.2) is 9.10 Å².